The number of benzene rings is 2. The molecule has 0 fully saturated rings. The van der Waals surface area contributed by atoms with Gasteiger partial charge in [0.15, 0.2) is 0 Å². The molecule has 2 rings (SSSR count). The summed E-state index contributed by atoms with van der Waals surface area (Å²) in [7, 11) is 1.71. The number of halogens is 2. The van der Waals surface area contributed by atoms with Gasteiger partial charge in [-0.1, -0.05) is 29.8 Å². The Morgan fingerprint density at radius 2 is 1.83 bits per heavy atom. The molecular formula is C18H18ClFN2O2. The minimum absolute atomic E-state index is 0.0486. The summed E-state index contributed by atoms with van der Waals surface area (Å²) in [6.45, 7) is 0. The van der Waals surface area contributed by atoms with Crippen LogP contribution in [0.15, 0.2) is 48.5 Å². The molecule has 0 saturated carbocycles. The summed E-state index contributed by atoms with van der Waals surface area (Å²) in [5.74, 6) is -0.837. The first kappa shape index (κ1) is 17.9. The molecule has 24 heavy (non-hydrogen) atoms. The van der Waals surface area contributed by atoms with Crippen molar-refractivity contribution in [3.63, 3.8) is 0 Å². The van der Waals surface area contributed by atoms with Crippen molar-refractivity contribution in [3.8, 4) is 0 Å². The zero-order valence-corrected chi connectivity index (χ0v) is 14.0. The van der Waals surface area contributed by atoms with Crippen LogP contribution in [0.4, 0.5) is 15.8 Å². The molecule has 2 amide bonds. The van der Waals surface area contributed by atoms with Crippen LogP contribution < -0.4 is 10.2 Å². The number of hydrogen-bond donors (Lipinski definition) is 1. The Morgan fingerprint density at radius 3 is 2.50 bits per heavy atom. The molecule has 0 aliphatic rings. The van der Waals surface area contributed by atoms with E-state index in [1.165, 1.54) is 18.2 Å². The normalized spacial score (nSPS) is 10.3. The molecule has 0 unspecified atom stereocenters. The van der Waals surface area contributed by atoms with Crippen molar-refractivity contribution in [3.05, 3.63) is 59.4 Å². The first-order valence-electron chi connectivity index (χ1n) is 7.54. The molecule has 1 N–H and O–H groups in total. The highest BCUT2D eigenvalue weighted by Gasteiger charge is 2.12. The monoisotopic (exact) mass is 348 g/mol. The molecule has 0 bridgehead atoms. The van der Waals surface area contributed by atoms with Gasteiger partial charge in [0, 0.05) is 31.3 Å². The van der Waals surface area contributed by atoms with E-state index in [1.54, 1.807) is 11.9 Å². The molecule has 0 atom stereocenters. The van der Waals surface area contributed by atoms with Crippen LogP contribution in [0.1, 0.15) is 19.3 Å². The second kappa shape index (κ2) is 8.45. The molecule has 2 aromatic rings. The standard InChI is InChI=1S/C18H18ClFN2O2/c1-22(14-6-3-2-4-7-14)18(24)9-5-8-17(23)21-13-10-11-16(20)15(19)12-13/h2-4,6-7,10-12H,5,8-9H2,1H3,(H,21,23). The van der Waals surface area contributed by atoms with E-state index in [-0.39, 0.29) is 29.7 Å². The predicted octanol–water partition coefficient (Wildman–Crippen LogP) is 4.25. The molecule has 0 aliphatic carbocycles. The van der Waals surface area contributed by atoms with Crippen molar-refractivity contribution in [1.29, 1.82) is 0 Å². The lowest BCUT2D eigenvalue weighted by Gasteiger charge is -2.17. The maximum absolute atomic E-state index is 13.1. The fraction of sp³-hybridized carbons (Fsp3) is 0.222. The van der Waals surface area contributed by atoms with E-state index in [0.717, 1.165) is 5.69 Å². The molecule has 126 valence electrons. The number of carbonyl (C=O) groups excluding carboxylic acids is 2. The van der Waals surface area contributed by atoms with Gasteiger partial charge >= 0.3 is 0 Å². The molecule has 0 aliphatic heterocycles. The highest BCUT2D eigenvalue weighted by Crippen LogP contribution is 2.19. The lowest BCUT2D eigenvalue weighted by molar-refractivity contribution is -0.118. The topological polar surface area (TPSA) is 49.4 Å². The van der Waals surface area contributed by atoms with Crippen LogP contribution in [0, 0.1) is 5.82 Å². The fourth-order valence-corrected chi connectivity index (χ4v) is 2.34. The molecule has 0 saturated heterocycles. The summed E-state index contributed by atoms with van der Waals surface area (Å²) in [4.78, 5) is 25.5. The first-order chi connectivity index (χ1) is 11.5. The lowest BCUT2D eigenvalue weighted by Crippen LogP contribution is -2.26. The van der Waals surface area contributed by atoms with E-state index in [0.29, 0.717) is 12.1 Å². The largest absolute Gasteiger partial charge is 0.326 e. The second-order valence-electron chi connectivity index (χ2n) is 5.32. The number of anilines is 2. The minimum Gasteiger partial charge on any atom is -0.326 e. The minimum atomic E-state index is -0.538. The van der Waals surface area contributed by atoms with Gasteiger partial charge in [-0.25, -0.2) is 4.39 Å². The van der Waals surface area contributed by atoms with Crippen LogP contribution in [0.5, 0.6) is 0 Å². The molecule has 0 radical (unpaired) electrons. The molecule has 0 aromatic heterocycles. The molecule has 0 heterocycles. The van der Waals surface area contributed by atoms with Gasteiger partial charge in [-0.05, 0) is 36.8 Å². The number of amides is 2. The zero-order valence-electron chi connectivity index (χ0n) is 13.3. The van der Waals surface area contributed by atoms with Crippen molar-refractivity contribution in [1.82, 2.24) is 0 Å². The van der Waals surface area contributed by atoms with E-state index < -0.39 is 5.82 Å². The van der Waals surface area contributed by atoms with E-state index in [9.17, 15) is 14.0 Å². The smallest absolute Gasteiger partial charge is 0.226 e. The summed E-state index contributed by atoms with van der Waals surface area (Å²) in [5.41, 5.74) is 1.24. The summed E-state index contributed by atoms with van der Waals surface area (Å²) >= 11 is 5.66. The predicted molar refractivity (Wildman–Crippen MR) is 93.7 cm³/mol. The number of rotatable bonds is 6. The molecule has 2 aromatic carbocycles. The summed E-state index contributed by atoms with van der Waals surface area (Å²) in [6, 6.07) is 13.3. The van der Waals surface area contributed by atoms with Gasteiger partial charge in [-0.2, -0.15) is 0 Å². The fourth-order valence-electron chi connectivity index (χ4n) is 2.16. The first-order valence-corrected chi connectivity index (χ1v) is 7.91. The third-order valence-electron chi connectivity index (χ3n) is 3.52. The average Bonchev–Trinajstić information content (AvgIpc) is 2.58. The van der Waals surface area contributed by atoms with Crippen LogP contribution in [0.25, 0.3) is 0 Å². The summed E-state index contributed by atoms with van der Waals surface area (Å²) < 4.78 is 13.1. The van der Waals surface area contributed by atoms with Crippen molar-refractivity contribution in [2.24, 2.45) is 0 Å². The van der Waals surface area contributed by atoms with Gasteiger partial charge in [0.2, 0.25) is 11.8 Å². The van der Waals surface area contributed by atoms with Gasteiger partial charge in [0.1, 0.15) is 5.82 Å². The second-order valence-corrected chi connectivity index (χ2v) is 5.73. The quantitative estimate of drug-likeness (QED) is 0.848. The Hall–Kier alpha value is -2.40. The van der Waals surface area contributed by atoms with E-state index in [2.05, 4.69) is 5.32 Å². The van der Waals surface area contributed by atoms with Gasteiger partial charge in [0.05, 0.1) is 5.02 Å². The van der Waals surface area contributed by atoms with Gasteiger partial charge < -0.3 is 10.2 Å². The number of para-hydroxylation sites is 1. The van der Waals surface area contributed by atoms with Crippen molar-refractivity contribution < 1.29 is 14.0 Å². The highest BCUT2D eigenvalue weighted by molar-refractivity contribution is 6.31. The number of carbonyl (C=O) groups is 2. The van der Waals surface area contributed by atoms with Gasteiger partial charge in [0.25, 0.3) is 0 Å². The van der Waals surface area contributed by atoms with E-state index in [4.69, 9.17) is 11.6 Å². The maximum atomic E-state index is 13.1. The Kier molecular flexibility index (Phi) is 6.32. The van der Waals surface area contributed by atoms with Crippen LogP contribution in [-0.4, -0.2) is 18.9 Å². The third kappa shape index (κ3) is 5.06. The maximum Gasteiger partial charge on any atom is 0.226 e. The number of hydrogen-bond acceptors (Lipinski definition) is 2. The Bertz CT molecular complexity index is 722. The lowest BCUT2D eigenvalue weighted by atomic mass is 10.2. The van der Waals surface area contributed by atoms with Crippen LogP contribution in [0.3, 0.4) is 0 Å². The zero-order chi connectivity index (χ0) is 17.5. The van der Waals surface area contributed by atoms with Gasteiger partial charge in [-0.3, -0.25) is 9.59 Å². The molecule has 4 nitrogen and oxygen atoms in total. The SMILES string of the molecule is CN(C(=O)CCCC(=O)Nc1ccc(F)c(Cl)c1)c1ccccc1. The van der Waals surface area contributed by atoms with Crippen molar-refractivity contribution >= 4 is 34.8 Å². The number of nitrogens with zero attached hydrogens (tertiary/aromatic N) is 1. The van der Waals surface area contributed by atoms with Crippen molar-refractivity contribution in [2.45, 2.75) is 19.3 Å². The summed E-state index contributed by atoms with van der Waals surface area (Å²) in [5, 5.41) is 2.58. The van der Waals surface area contributed by atoms with Crippen LogP contribution in [0.2, 0.25) is 5.02 Å². The van der Waals surface area contributed by atoms with E-state index >= 15 is 0 Å². The Balaban J connectivity index is 1.77. The average molecular weight is 349 g/mol. The van der Waals surface area contributed by atoms with Crippen LogP contribution in [-0.2, 0) is 9.59 Å². The Labute approximate surface area is 145 Å². The molecular weight excluding hydrogens is 331 g/mol. The van der Waals surface area contributed by atoms with Gasteiger partial charge in [-0.15, -0.1) is 0 Å². The van der Waals surface area contributed by atoms with E-state index in [1.807, 2.05) is 30.3 Å². The van der Waals surface area contributed by atoms with Crippen LogP contribution >= 0.6 is 11.6 Å². The summed E-state index contributed by atoms with van der Waals surface area (Å²) in [6.07, 6.45) is 0.892. The highest BCUT2D eigenvalue weighted by atomic mass is 35.5. The molecule has 0 spiro atoms. The third-order valence-corrected chi connectivity index (χ3v) is 3.81. The van der Waals surface area contributed by atoms with Crippen molar-refractivity contribution in [2.75, 3.05) is 17.3 Å². The number of nitrogens with one attached hydrogen (secondary N) is 1. The molecule has 6 heteroatoms. The Morgan fingerprint density at radius 1 is 1.12 bits per heavy atom.